The molecule has 0 bridgehead atoms. The first-order valence-corrected chi connectivity index (χ1v) is 10.6. The average Bonchev–Trinajstić information content (AvgIpc) is 3.33. The summed E-state index contributed by atoms with van der Waals surface area (Å²) in [6, 6.07) is 8.75. The van der Waals surface area contributed by atoms with Crippen LogP contribution in [0.25, 0.3) is 5.69 Å². The lowest BCUT2D eigenvalue weighted by Gasteiger charge is -2.31. The van der Waals surface area contributed by atoms with E-state index >= 15 is 0 Å². The molecule has 2 amide bonds. The van der Waals surface area contributed by atoms with Crippen molar-refractivity contribution >= 4 is 11.8 Å². The fourth-order valence-corrected chi connectivity index (χ4v) is 3.88. The number of aromatic nitrogens is 2. The van der Waals surface area contributed by atoms with Crippen molar-refractivity contribution in [3.63, 3.8) is 0 Å². The number of carbonyl (C=O) groups is 2. The van der Waals surface area contributed by atoms with E-state index in [1.807, 2.05) is 0 Å². The van der Waals surface area contributed by atoms with Gasteiger partial charge in [-0.25, -0.2) is 4.68 Å². The molecule has 0 spiro atoms. The summed E-state index contributed by atoms with van der Waals surface area (Å²) < 4.78 is 46.5. The van der Waals surface area contributed by atoms with E-state index in [1.54, 1.807) is 17.0 Å². The Morgan fingerprint density at radius 1 is 1.12 bits per heavy atom. The van der Waals surface area contributed by atoms with Crippen LogP contribution in [0.5, 0.6) is 0 Å². The van der Waals surface area contributed by atoms with Crippen LogP contribution < -0.4 is 10.7 Å². The van der Waals surface area contributed by atoms with Gasteiger partial charge in [0.1, 0.15) is 0 Å². The zero-order valence-electron chi connectivity index (χ0n) is 18.1. The number of halogens is 3. The summed E-state index contributed by atoms with van der Waals surface area (Å²) in [5.74, 6) is -0.800. The van der Waals surface area contributed by atoms with Gasteiger partial charge in [-0.1, -0.05) is 12.1 Å². The van der Waals surface area contributed by atoms with Crippen molar-refractivity contribution in [2.24, 2.45) is 0 Å². The Morgan fingerprint density at radius 2 is 1.82 bits per heavy atom. The zero-order chi connectivity index (χ0) is 24.5. The maximum absolute atomic E-state index is 13.5. The molecule has 1 N–H and O–H groups in total. The van der Waals surface area contributed by atoms with E-state index in [0.29, 0.717) is 25.9 Å². The lowest BCUT2D eigenvalue weighted by molar-refractivity contribution is -0.137. The summed E-state index contributed by atoms with van der Waals surface area (Å²) in [6.07, 6.45) is -2.35. The number of nitrogens with zero attached hydrogens (tertiary/aromatic N) is 3. The first kappa shape index (κ1) is 23.3. The van der Waals surface area contributed by atoms with Crippen molar-refractivity contribution in [3.05, 3.63) is 81.7 Å². The fourth-order valence-electron chi connectivity index (χ4n) is 3.88. The molecular formula is C23H21F3N4O4. The number of carbonyl (C=O) groups excluding carboxylic acids is 2. The predicted octanol–water partition coefficient (Wildman–Crippen LogP) is 3.19. The highest BCUT2D eigenvalue weighted by atomic mass is 19.4. The second-order valence-electron chi connectivity index (χ2n) is 7.94. The second-order valence-corrected chi connectivity index (χ2v) is 7.94. The van der Waals surface area contributed by atoms with Crippen LogP contribution in [0.3, 0.4) is 0 Å². The lowest BCUT2D eigenvalue weighted by Crippen LogP contribution is -2.47. The average molecular weight is 474 g/mol. The number of aryl methyl sites for hydroxylation is 1. The summed E-state index contributed by atoms with van der Waals surface area (Å²) in [5.41, 5.74) is -2.26. The molecule has 11 heteroatoms. The number of alkyl halides is 3. The van der Waals surface area contributed by atoms with Gasteiger partial charge in [-0.15, -0.1) is 0 Å². The zero-order valence-corrected chi connectivity index (χ0v) is 18.1. The Hall–Kier alpha value is -3.89. The number of furan rings is 1. The van der Waals surface area contributed by atoms with Gasteiger partial charge in [-0.05, 0) is 44.0 Å². The van der Waals surface area contributed by atoms with E-state index < -0.39 is 28.8 Å². The van der Waals surface area contributed by atoms with Crippen molar-refractivity contribution in [3.8, 4) is 5.69 Å². The molecule has 0 radical (unpaired) electrons. The first-order chi connectivity index (χ1) is 16.1. The maximum atomic E-state index is 13.5. The quantitative estimate of drug-likeness (QED) is 0.627. The molecule has 8 nitrogen and oxygen atoms in total. The third-order valence-electron chi connectivity index (χ3n) is 5.61. The molecule has 34 heavy (non-hydrogen) atoms. The number of rotatable bonds is 4. The minimum absolute atomic E-state index is 0.156. The maximum Gasteiger partial charge on any atom is 0.418 e. The molecule has 178 valence electrons. The smallest absolute Gasteiger partial charge is 0.418 e. The normalized spacial score (nSPS) is 14.8. The van der Waals surface area contributed by atoms with Crippen LogP contribution in [0, 0.1) is 6.92 Å². The van der Waals surface area contributed by atoms with Crippen molar-refractivity contribution in [2.45, 2.75) is 32.0 Å². The van der Waals surface area contributed by atoms with Crippen molar-refractivity contribution in [1.29, 1.82) is 0 Å². The minimum Gasteiger partial charge on any atom is -0.459 e. The minimum atomic E-state index is -4.64. The van der Waals surface area contributed by atoms with Crippen molar-refractivity contribution in [1.82, 2.24) is 20.0 Å². The molecule has 1 aliphatic heterocycles. The van der Waals surface area contributed by atoms with Crippen molar-refractivity contribution in [2.75, 3.05) is 13.1 Å². The van der Waals surface area contributed by atoms with Crippen LogP contribution >= 0.6 is 0 Å². The number of piperidine rings is 1. The molecule has 2 aromatic heterocycles. The Morgan fingerprint density at radius 3 is 2.47 bits per heavy atom. The van der Waals surface area contributed by atoms with E-state index in [0.717, 1.165) is 16.8 Å². The van der Waals surface area contributed by atoms with Gasteiger partial charge < -0.3 is 14.6 Å². The molecule has 3 aromatic rings. The number of benzene rings is 1. The van der Waals surface area contributed by atoms with Crippen LogP contribution in [-0.2, 0) is 6.18 Å². The number of nitrogens with one attached hydrogen (secondary N) is 1. The van der Waals surface area contributed by atoms with Gasteiger partial charge in [-0.2, -0.15) is 18.3 Å². The van der Waals surface area contributed by atoms with E-state index in [4.69, 9.17) is 4.42 Å². The van der Waals surface area contributed by atoms with Gasteiger partial charge in [0.2, 0.25) is 5.43 Å². The Kier molecular flexibility index (Phi) is 6.27. The molecule has 4 rings (SSSR count). The van der Waals surface area contributed by atoms with Gasteiger partial charge in [0.25, 0.3) is 11.8 Å². The summed E-state index contributed by atoms with van der Waals surface area (Å²) in [5, 5.41) is 6.69. The molecular weight excluding hydrogens is 453 g/mol. The molecule has 1 fully saturated rings. The predicted molar refractivity (Wildman–Crippen MR) is 115 cm³/mol. The van der Waals surface area contributed by atoms with Gasteiger partial charge in [0, 0.05) is 30.9 Å². The number of hydrogen-bond donors (Lipinski definition) is 1. The summed E-state index contributed by atoms with van der Waals surface area (Å²) in [4.78, 5) is 39.2. The van der Waals surface area contributed by atoms with Crippen molar-refractivity contribution < 1.29 is 27.2 Å². The van der Waals surface area contributed by atoms with Crippen LogP contribution in [-0.4, -0.2) is 45.6 Å². The number of likely N-dealkylation sites (tertiary alicyclic amines) is 1. The Bertz CT molecular complexity index is 1260. The SMILES string of the molecule is Cc1cc(=O)c(C(=O)NC2CCN(C(=O)c3ccco3)CC2)nn1-c1ccccc1C(F)(F)F. The number of amides is 2. The second kappa shape index (κ2) is 9.16. The molecule has 0 aliphatic carbocycles. The third-order valence-corrected chi connectivity index (χ3v) is 5.61. The Labute approximate surface area is 192 Å². The lowest BCUT2D eigenvalue weighted by atomic mass is 10.0. The van der Waals surface area contributed by atoms with E-state index in [-0.39, 0.29) is 29.1 Å². The largest absolute Gasteiger partial charge is 0.459 e. The Balaban J connectivity index is 1.51. The van der Waals surface area contributed by atoms with E-state index in [2.05, 4.69) is 10.4 Å². The molecule has 0 unspecified atom stereocenters. The van der Waals surface area contributed by atoms with Gasteiger partial charge >= 0.3 is 6.18 Å². The highest BCUT2D eigenvalue weighted by molar-refractivity contribution is 5.92. The van der Waals surface area contributed by atoms with Crippen LogP contribution in [0.15, 0.2) is 57.9 Å². The monoisotopic (exact) mass is 474 g/mol. The van der Waals surface area contributed by atoms with Crippen LogP contribution in [0.1, 0.15) is 45.1 Å². The number of para-hydroxylation sites is 1. The highest BCUT2D eigenvalue weighted by Gasteiger charge is 2.34. The highest BCUT2D eigenvalue weighted by Crippen LogP contribution is 2.33. The van der Waals surface area contributed by atoms with Gasteiger partial charge in [0.15, 0.2) is 11.5 Å². The van der Waals surface area contributed by atoms with Gasteiger partial charge in [0.05, 0.1) is 17.5 Å². The topological polar surface area (TPSA) is 97.4 Å². The molecule has 0 saturated carbocycles. The molecule has 0 atom stereocenters. The summed E-state index contributed by atoms with van der Waals surface area (Å²) in [6.45, 7) is 2.18. The molecule has 1 aliphatic rings. The molecule has 1 aromatic carbocycles. The fraction of sp³-hybridized carbons (Fsp3) is 0.304. The standard InChI is InChI=1S/C23H21F3N4O4/c1-14-13-18(31)20(28-30(14)17-6-3-2-5-16(17)23(24,25)26)21(32)27-15-8-10-29(11-9-15)22(33)19-7-4-12-34-19/h2-7,12-13,15H,8-11H2,1H3,(H,27,32). The first-order valence-electron chi connectivity index (χ1n) is 10.6. The number of hydrogen-bond acceptors (Lipinski definition) is 5. The van der Waals surface area contributed by atoms with Gasteiger partial charge in [-0.3, -0.25) is 14.4 Å². The van der Waals surface area contributed by atoms with Crippen LogP contribution in [0.4, 0.5) is 13.2 Å². The van der Waals surface area contributed by atoms with E-state index in [1.165, 1.54) is 31.4 Å². The third kappa shape index (κ3) is 4.73. The molecule has 1 saturated heterocycles. The van der Waals surface area contributed by atoms with Crippen LogP contribution in [0.2, 0.25) is 0 Å². The van der Waals surface area contributed by atoms with E-state index in [9.17, 15) is 27.6 Å². The summed E-state index contributed by atoms with van der Waals surface area (Å²) >= 11 is 0. The molecule has 3 heterocycles. The summed E-state index contributed by atoms with van der Waals surface area (Å²) in [7, 11) is 0.